The van der Waals surface area contributed by atoms with Crippen molar-refractivity contribution in [3.63, 3.8) is 0 Å². The predicted molar refractivity (Wildman–Crippen MR) is 67.3 cm³/mol. The Morgan fingerprint density at radius 1 is 1.60 bits per heavy atom. The van der Waals surface area contributed by atoms with Gasteiger partial charge in [-0.25, -0.2) is 0 Å². The average molecular weight is 226 g/mol. The predicted octanol–water partition coefficient (Wildman–Crippen LogP) is 1.34. The maximum atomic E-state index is 9.96. The van der Waals surface area contributed by atoms with Gasteiger partial charge in [-0.15, -0.1) is 0 Å². The van der Waals surface area contributed by atoms with E-state index in [4.69, 9.17) is 5.73 Å². The topological polar surface area (TPSA) is 58.6 Å². The first-order chi connectivity index (χ1) is 7.15. The summed E-state index contributed by atoms with van der Waals surface area (Å²) in [5.41, 5.74) is 9.34. The lowest BCUT2D eigenvalue weighted by atomic mass is 9.94. The van der Waals surface area contributed by atoms with Crippen molar-refractivity contribution in [3.05, 3.63) is 22.9 Å². The summed E-state index contributed by atoms with van der Waals surface area (Å²) in [6, 6.07) is 0. The van der Waals surface area contributed by atoms with Gasteiger partial charge in [0.15, 0.2) is 0 Å². The minimum absolute atomic E-state index is 0.428. The maximum Gasteiger partial charge on any atom is 0.117 e. The Hall–Kier alpha value is -0.580. The van der Waals surface area contributed by atoms with Crippen molar-refractivity contribution in [2.45, 2.75) is 20.0 Å². The van der Waals surface area contributed by atoms with Gasteiger partial charge >= 0.3 is 0 Å². The Morgan fingerprint density at radius 3 is 2.73 bits per heavy atom. The number of aliphatic hydroxyl groups excluding tert-OH is 1. The Kier molecular flexibility index (Phi) is 4.57. The second-order valence-corrected chi connectivity index (χ2v) is 4.33. The molecule has 0 fully saturated rings. The van der Waals surface area contributed by atoms with Crippen molar-refractivity contribution in [2.24, 2.45) is 10.7 Å². The number of allylic oxidation sites excluding steroid dienone is 1. The molecule has 84 valence electrons. The lowest BCUT2D eigenvalue weighted by Crippen LogP contribution is -2.28. The van der Waals surface area contributed by atoms with Crippen molar-refractivity contribution in [1.29, 1.82) is 0 Å². The summed E-state index contributed by atoms with van der Waals surface area (Å²) in [6.45, 7) is 4.20. The molecule has 4 heteroatoms. The zero-order valence-corrected chi connectivity index (χ0v) is 10.3. The molecule has 1 aliphatic heterocycles. The van der Waals surface area contributed by atoms with Gasteiger partial charge in [-0.05, 0) is 31.2 Å². The smallest absolute Gasteiger partial charge is 0.117 e. The fraction of sp³-hybridized carbons (Fsp3) is 0.545. The van der Waals surface area contributed by atoms with Gasteiger partial charge in [0.2, 0.25) is 0 Å². The molecule has 3 N–H and O–H groups in total. The third kappa shape index (κ3) is 2.51. The molecule has 0 spiro atoms. The van der Waals surface area contributed by atoms with E-state index in [2.05, 4.69) is 4.99 Å². The minimum Gasteiger partial charge on any atom is -0.382 e. The van der Waals surface area contributed by atoms with Gasteiger partial charge in [0.1, 0.15) is 6.10 Å². The molecule has 0 bridgehead atoms. The zero-order chi connectivity index (χ0) is 11.4. The maximum absolute atomic E-state index is 9.96. The number of thioether (sulfide) groups is 1. The molecule has 0 radical (unpaired) electrons. The van der Waals surface area contributed by atoms with E-state index in [0.29, 0.717) is 6.54 Å². The summed E-state index contributed by atoms with van der Waals surface area (Å²) in [4.78, 5) is 4.35. The van der Waals surface area contributed by atoms with Gasteiger partial charge in [-0.1, -0.05) is 6.08 Å². The van der Waals surface area contributed by atoms with Crippen LogP contribution in [0.5, 0.6) is 0 Å². The Balaban J connectivity index is 3.18. The van der Waals surface area contributed by atoms with Crippen LogP contribution in [0.15, 0.2) is 27.9 Å². The third-order valence-corrected chi connectivity index (χ3v) is 3.07. The molecule has 0 saturated carbocycles. The highest BCUT2D eigenvalue weighted by Gasteiger charge is 2.24. The summed E-state index contributed by atoms with van der Waals surface area (Å²) in [5, 5.41) is 9.96. The molecule has 15 heavy (non-hydrogen) atoms. The number of hydrogen-bond donors (Lipinski definition) is 2. The molecule has 1 heterocycles. The van der Waals surface area contributed by atoms with E-state index < -0.39 is 6.10 Å². The first-order valence-corrected chi connectivity index (χ1v) is 6.35. The van der Waals surface area contributed by atoms with E-state index in [1.54, 1.807) is 11.8 Å². The number of aliphatic imine (C=N–C) groups is 1. The third-order valence-electron chi connectivity index (χ3n) is 2.49. The molecular weight excluding hydrogens is 208 g/mol. The van der Waals surface area contributed by atoms with Crippen LogP contribution in [0.25, 0.3) is 0 Å². The van der Waals surface area contributed by atoms with Crippen LogP contribution in [0.2, 0.25) is 0 Å². The average Bonchev–Trinajstić information content (AvgIpc) is 2.24. The van der Waals surface area contributed by atoms with E-state index in [9.17, 15) is 5.11 Å². The van der Waals surface area contributed by atoms with Crippen LogP contribution in [0.4, 0.5) is 0 Å². The number of nitrogens with two attached hydrogens (primary N) is 1. The largest absolute Gasteiger partial charge is 0.382 e. The first kappa shape index (κ1) is 12.5. The molecule has 0 aliphatic carbocycles. The monoisotopic (exact) mass is 226 g/mol. The Labute approximate surface area is 95.2 Å². The highest BCUT2D eigenvalue weighted by molar-refractivity contribution is 7.98. The number of nitrogens with zero attached hydrogens (tertiary/aromatic N) is 1. The summed E-state index contributed by atoms with van der Waals surface area (Å²) < 4.78 is 0. The fourth-order valence-corrected chi connectivity index (χ4v) is 2.33. The Morgan fingerprint density at radius 2 is 2.27 bits per heavy atom. The molecular formula is C11H18N2OS. The van der Waals surface area contributed by atoms with Gasteiger partial charge in [-0.3, -0.25) is 4.99 Å². The van der Waals surface area contributed by atoms with Crippen LogP contribution in [0.3, 0.4) is 0 Å². The zero-order valence-electron chi connectivity index (χ0n) is 9.45. The van der Waals surface area contributed by atoms with E-state index in [0.717, 1.165) is 28.3 Å². The fourth-order valence-electron chi connectivity index (χ4n) is 1.71. The summed E-state index contributed by atoms with van der Waals surface area (Å²) in [7, 11) is 0. The van der Waals surface area contributed by atoms with Crippen LogP contribution < -0.4 is 5.73 Å². The van der Waals surface area contributed by atoms with Gasteiger partial charge in [-0.2, -0.15) is 11.8 Å². The van der Waals surface area contributed by atoms with Gasteiger partial charge in [0, 0.05) is 18.0 Å². The SMILES string of the molecule is CC=C1C(CSC)=C(CN)N=C(C)C1O. The molecule has 0 saturated heterocycles. The molecule has 0 aromatic rings. The molecule has 3 nitrogen and oxygen atoms in total. The lowest BCUT2D eigenvalue weighted by molar-refractivity contribution is 0.276. The minimum atomic E-state index is -0.563. The van der Waals surface area contributed by atoms with E-state index in [1.165, 1.54) is 0 Å². The highest BCUT2D eigenvalue weighted by Crippen LogP contribution is 2.27. The first-order valence-electron chi connectivity index (χ1n) is 4.96. The van der Waals surface area contributed by atoms with Gasteiger partial charge in [0.05, 0.1) is 5.70 Å². The van der Waals surface area contributed by atoms with Crippen molar-refractivity contribution in [3.8, 4) is 0 Å². The Bertz CT molecular complexity index is 331. The normalized spacial score (nSPS) is 24.7. The van der Waals surface area contributed by atoms with Crippen molar-refractivity contribution < 1.29 is 5.11 Å². The molecule has 0 aromatic carbocycles. The van der Waals surface area contributed by atoms with Gasteiger partial charge < -0.3 is 10.8 Å². The van der Waals surface area contributed by atoms with Crippen LogP contribution in [0.1, 0.15) is 13.8 Å². The molecule has 0 aromatic heterocycles. The number of hydrogen-bond acceptors (Lipinski definition) is 4. The molecule has 0 amide bonds. The summed E-state index contributed by atoms with van der Waals surface area (Å²) >= 11 is 1.72. The lowest BCUT2D eigenvalue weighted by Gasteiger charge is -2.24. The number of aliphatic hydroxyl groups is 1. The summed E-state index contributed by atoms with van der Waals surface area (Å²) in [5.74, 6) is 0.847. The van der Waals surface area contributed by atoms with E-state index in [1.807, 2.05) is 26.2 Å². The second-order valence-electron chi connectivity index (χ2n) is 3.46. The quantitative estimate of drug-likeness (QED) is 0.763. The van der Waals surface area contributed by atoms with E-state index in [-0.39, 0.29) is 0 Å². The number of rotatable bonds is 3. The van der Waals surface area contributed by atoms with Crippen LogP contribution in [0, 0.1) is 0 Å². The second kappa shape index (κ2) is 5.49. The molecule has 1 rings (SSSR count). The van der Waals surface area contributed by atoms with Crippen molar-refractivity contribution >= 4 is 17.5 Å². The van der Waals surface area contributed by atoms with E-state index >= 15 is 0 Å². The summed E-state index contributed by atoms with van der Waals surface area (Å²) in [6.07, 6.45) is 3.42. The molecule has 1 aliphatic rings. The molecule has 1 atom stereocenters. The van der Waals surface area contributed by atoms with Crippen LogP contribution in [-0.2, 0) is 0 Å². The standard InChI is InChI=1S/C11H18N2OS/c1-4-8-9(6-15-3)10(5-12)13-7(2)11(8)14/h4,11,14H,5-6,12H2,1-3H3. The van der Waals surface area contributed by atoms with Crippen LogP contribution >= 0.6 is 11.8 Å². The highest BCUT2D eigenvalue weighted by atomic mass is 32.2. The van der Waals surface area contributed by atoms with Crippen molar-refractivity contribution in [1.82, 2.24) is 0 Å². The van der Waals surface area contributed by atoms with Crippen LogP contribution in [-0.4, -0.2) is 35.5 Å². The molecule has 1 unspecified atom stereocenters. The van der Waals surface area contributed by atoms with Gasteiger partial charge in [0.25, 0.3) is 0 Å². The van der Waals surface area contributed by atoms with Crippen molar-refractivity contribution in [2.75, 3.05) is 18.6 Å².